The summed E-state index contributed by atoms with van der Waals surface area (Å²) in [6.45, 7) is 6.67. The molecule has 0 rings (SSSR count). The highest BCUT2D eigenvalue weighted by atomic mass is 16.6. The van der Waals surface area contributed by atoms with Crippen molar-refractivity contribution >= 4 is 17.9 Å². The van der Waals surface area contributed by atoms with Crippen LogP contribution < -0.4 is 0 Å². The largest absolute Gasteiger partial charge is 0.462 e. The van der Waals surface area contributed by atoms with Crippen LogP contribution in [0.15, 0.2) is 36.5 Å². The molecule has 81 heavy (non-hydrogen) atoms. The van der Waals surface area contributed by atoms with Gasteiger partial charge in [-0.1, -0.05) is 346 Å². The summed E-state index contributed by atoms with van der Waals surface area (Å²) in [6.07, 6.45) is 87.6. The quantitative estimate of drug-likeness (QED) is 0.0261. The van der Waals surface area contributed by atoms with E-state index < -0.39 is 6.10 Å². The monoisotopic (exact) mass is 1140 g/mol. The Hall–Kier alpha value is -2.37. The van der Waals surface area contributed by atoms with Crippen LogP contribution in [0.1, 0.15) is 406 Å². The van der Waals surface area contributed by atoms with E-state index in [2.05, 4.69) is 57.2 Å². The normalized spacial score (nSPS) is 12.2. The fourth-order valence-corrected chi connectivity index (χ4v) is 11.1. The van der Waals surface area contributed by atoms with Gasteiger partial charge >= 0.3 is 17.9 Å². The maximum atomic E-state index is 12.9. The Morgan fingerprint density at radius 1 is 0.247 bits per heavy atom. The lowest BCUT2D eigenvalue weighted by atomic mass is 10.0. The van der Waals surface area contributed by atoms with E-state index in [9.17, 15) is 14.4 Å². The number of ether oxygens (including phenoxy) is 3. The molecule has 0 aliphatic rings. The Morgan fingerprint density at radius 3 is 0.716 bits per heavy atom. The van der Waals surface area contributed by atoms with Gasteiger partial charge in [0, 0.05) is 19.3 Å². The molecule has 0 aromatic rings. The van der Waals surface area contributed by atoms with Gasteiger partial charge in [0.15, 0.2) is 6.10 Å². The maximum absolute atomic E-state index is 12.9. The standard InChI is InChI=1S/C75H140O6/c1-4-7-10-13-16-19-22-25-28-30-32-33-34-35-36-37-38-39-40-41-42-43-45-47-50-53-56-59-62-65-68-74(77)80-71-72(70-79-73(76)67-64-61-58-55-52-49-46-27-24-21-18-15-12-9-6-3)81-75(78)69-66-63-60-57-54-51-48-44-31-29-26-23-20-17-14-11-8-5-2/h18,21,27,29,31,46,72H,4-17,19-20,22-26,28,30,32-45,47-71H2,1-3H3/b21-18-,31-29-,46-27-. The zero-order valence-corrected chi connectivity index (χ0v) is 54.8. The molecule has 0 bridgehead atoms. The SMILES string of the molecule is CCCCC/C=C\C/C=C\CCCCCCCC(=O)OCC(COC(=O)CCCCCCCCCCCCCCCCCCCCCCCCCCCCCCCC)OC(=O)CCCCCCCCC/C=C\CCCCCCCCC. The van der Waals surface area contributed by atoms with Gasteiger partial charge in [-0.15, -0.1) is 0 Å². The lowest BCUT2D eigenvalue weighted by molar-refractivity contribution is -0.167. The van der Waals surface area contributed by atoms with Crippen molar-refractivity contribution < 1.29 is 28.6 Å². The van der Waals surface area contributed by atoms with E-state index in [1.807, 2.05) is 0 Å². The van der Waals surface area contributed by atoms with Crippen molar-refractivity contribution in [3.05, 3.63) is 36.5 Å². The number of hydrogen-bond donors (Lipinski definition) is 0. The number of unbranched alkanes of at least 4 members (excludes halogenated alkanes) is 51. The van der Waals surface area contributed by atoms with Crippen molar-refractivity contribution in [1.82, 2.24) is 0 Å². The van der Waals surface area contributed by atoms with Crippen molar-refractivity contribution in [2.45, 2.75) is 412 Å². The molecule has 0 spiro atoms. The van der Waals surface area contributed by atoms with Gasteiger partial charge < -0.3 is 14.2 Å². The summed E-state index contributed by atoms with van der Waals surface area (Å²) in [6, 6.07) is 0. The topological polar surface area (TPSA) is 78.9 Å². The van der Waals surface area contributed by atoms with Gasteiger partial charge in [0.25, 0.3) is 0 Å². The predicted octanol–water partition coefficient (Wildman–Crippen LogP) is 25.1. The highest BCUT2D eigenvalue weighted by molar-refractivity contribution is 5.71. The number of carbonyl (C=O) groups excluding carboxylic acids is 3. The number of rotatable bonds is 68. The van der Waals surface area contributed by atoms with E-state index in [1.54, 1.807) is 0 Å². The fourth-order valence-electron chi connectivity index (χ4n) is 11.1. The van der Waals surface area contributed by atoms with E-state index in [0.717, 1.165) is 77.0 Å². The van der Waals surface area contributed by atoms with Crippen molar-refractivity contribution in [2.75, 3.05) is 13.2 Å². The van der Waals surface area contributed by atoms with E-state index in [4.69, 9.17) is 14.2 Å². The Bertz CT molecular complexity index is 1350. The number of hydrogen-bond acceptors (Lipinski definition) is 6. The molecule has 0 amide bonds. The zero-order valence-electron chi connectivity index (χ0n) is 54.8. The predicted molar refractivity (Wildman–Crippen MR) is 353 cm³/mol. The van der Waals surface area contributed by atoms with Crippen LogP contribution in [-0.4, -0.2) is 37.2 Å². The average Bonchev–Trinajstić information content (AvgIpc) is 3.47. The second-order valence-electron chi connectivity index (χ2n) is 24.9. The molecule has 0 aliphatic carbocycles. The molecule has 6 heteroatoms. The molecule has 0 heterocycles. The Kier molecular flexibility index (Phi) is 68.1. The van der Waals surface area contributed by atoms with E-state index in [1.165, 1.54) is 289 Å². The second kappa shape index (κ2) is 70.1. The maximum Gasteiger partial charge on any atom is 0.306 e. The second-order valence-corrected chi connectivity index (χ2v) is 24.9. The van der Waals surface area contributed by atoms with Crippen molar-refractivity contribution in [3.63, 3.8) is 0 Å². The minimum Gasteiger partial charge on any atom is -0.462 e. The Balaban J connectivity index is 4.19. The van der Waals surface area contributed by atoms with Crippen molar-refractivity contribution in [2.24, 2.45) is 0 Å². The molecular weight excluding hydrogens is 997 g/mol. The van der Waals surface area contributed by atoms with Crippen LogP contribution in [0, 0.1) is 0 Å². The molecule has 0 fully saturated rings. The summed E-state index contributed by atoms with van der Waals surface area (Å²) >= 11 is 0. The minimum absolute atomic E-state index is 0.0740. The number of esters is 3. The van der Waals surface area contributed by atoms with Crippen LogP contribution in [0.2, 0.25) is 0 Å². The van der Waals surface area contributed by atoms with Gasteiger partial charge in [-0.05, 0) is 77.0 Å². The van der Waals surface area contributed by atoms with Crippen LogP contribution in [0.5, 0.6) is 0 Å². The summed E-state index contributed by atoms with van der Waals surface area (Å²) in [4.78, 5) is 38.4. The smallest absolute Gasteiger partial charge is 0.306 e. The van der Waals surface area contributed by atoms with Gasteiger partial charge in [0.05, 0.1) is 0 Å². The van der Waals surface area contributed by atoms with Crippen molar-refractivity contribution in [3.8, 4) is 0 Å². The van der Waals surface area contributed by atoms with Crippen LogP contribution in [0.25, 0.3) is 0 Å². The summed E-state index contributed by atoms with van der Waals surface area (Å²) in [5.74, 6) is -0.865. The third-order valence-corrected chi connectivity index (χ3v) is 16.6. The summed E-state index contributed by atoms with van der Waals surface area (Å²) < 4.78 is 17.0. The molecular formula is C75H140O6. The molecule has 0 N–H and O–H groups in total. The Morgan fingerprint density at radius 2 is 0.444 bits per heavy atom. The molecule has 1 unspecified atom stereocenters. The first kappa shape index (κ1) is 78.6. The lowest BCUT2D eigenvalue weighted by Gasteiger charge is -2.18. The molecule has 0 saturated heterocycles. The van der Waals surface area contributed by atoms with Crippen LogP contribution in [0.3, 0.4) is 0 Å². The first-order valence-corrected chi connectivity index (χ1v) is 36.5. The highest BCUT2D eigenvalue weighted by Gasteiger charge is 2.19. The van der Waals surface area contributed by atoms with Gasteiger partial charge in [0.1, 0.15) is 13.2 Å². The molecule has 0 saturated carbocycles. The molecule has 0 radical (unpaired) electrons. The third kappa shape index (κ3) is 68.3. The molecule has 0 aliphatic heterocycles. The molecule has 0 aromatic heterocycles. The van der Waals surface area contributed by atoms with Crippen LogP contribution in [-0.2, 0) is 28.6 Å². The molecule has 1 atom stereocenters. The van der Waals surface area contributed by atoms with Crippen molar-refractivity contribution in [1.29, 1.82) is 0 Å². The van der Waals surface area contributed by atoms with Gasteiger partial charge in [0.2, 0.25) is 0 Å². The minimum atomic E-state index is -0.780. The first-order chi connectivity index (χ1) is 40.0. The summed E-state index contributed by atoms with van der Waals surface area (Å²) in [5.41, 5.74) is 0. The van der Waals surface area contributed by atoms with E-state index in [-0.39, 0.29) is 31.1 Å². The fraction of sp³-hybridized carbons (Fsp3) is 0.880. The van der Waals surface area contributed by atoms with E-state index in [0.29, 0.717) is 19.3 Å². The highest BCUT2D eigenvalue weighted by Crippen LogP contribution is 2.19. The van der Waals surface area contributed by atoms with Gasteiger partial charge in [-0.3, -0.25) is 14.4 Å². The van der Waals surface area contributed by atoms with Gasteiger partial charge in [-0.2, -0.15) is 0 Å². The van der Waals surface area contributed by atoms with Gasteiger partial charge in [-0.25, -0.2) is 0 Å². The van der Waals surface area contributed by atoms with Crippen LogP contribution >= 0.6 is 0 Å². The Labute approximate surface area is 506 Å². The number of carbonyl (C=O) groups is 3. The van der Waals surface area contributed by atoms with E-state index >= 15 is 0 Å². The first-order valence-electron chi connectivity index (χ1n) is 36.5. The summed E-state index contributed by atoms with van der Waals surface area (Å²) in [5, 5.41) is 0. The zero-order chi connectivity index (χ0) is 58.5. The molecule has 6 nitrogen and oxygen atoms in total. The number of allylic oxidation sites excluding steroid dienone is 6. The average molecular weight is 1140 g/mol. The summed E-state index contributed by atoms with van der Waals surface area (Å²) in [7, 11) is 0. The lowest BCUT2D eigenvalue weighted by Crippen LogP contribution is -2.30. The molecule has 0 aromatic carbocycles. The third-order valence-electron chi connectivity index (χ3n) is 16.6. The van der Waals surface area contributed by atoms with Crippen LogP contribution in [0.4, 0.5) is 0 Å². The molecule has 476 valence electrons.